The predicted octanol–water partition coefficient (Wildman–Crippen LogP) is 1.91. The third kappa shape index (κ3) is 3.29. The molecule has 1 heterocycles. The smallest absolute Gasteiger partial charge is 0.410 e. The molecule has 5 nitrogen and oxygen atoms in total. The molecular weight excluding hydrogens is 256 g/mol. The zero-order chi connectivity index (χ0) is 14.6. The second-order valence-corrected chi connectivity index (χ2v) is 5.49. The van der Waals surface area contributed by atoms with E-state index in [0.717, 1.165) is 12.0 Å². The fourth-order valence-corrected chi connectivity index (χ4v) is 2.41. The minimum atomic E-state index is -0.649. The van der Waals surface area contributed by atoms with Crippen LogP contribution in [0.2, 0.25) is 0 Å². The molecule has 108 valence electrons. The van der Waals surface area contributed by atoms with Crippen LogP contribution in [0.5, 0.6) is 0 Å². The van der Waals surface area contributed by atoms with Crippen molar-refractivity contribution in [2.24, 2.45) is 11.1 Å². The van der Waals surface area contributed by atoms with Crippen molar-refractivity contribution in [3.63, 3.8) is 0 Å². The van der Waals surface area contributed by atoms with E-state index in [1.807, 2.05) is 30.3 Å². The van der Waals surface area contributed by atoms with Gasteiger partial charge >= 0.3 is 6.09 Å². The summed E-state index contributed by atoms with van der Waals surface area (Å²) in [6, 6.07) is 9.50. The number of piperidine rings is 1. The van der Waals surface area contributed by atoms with Gasteiger partial charge in [-0.1, -0.05) is 30.3 Å². The molecule has 20 heavy (non-hydrogen) atoms. The molecule has 0 unspecified atom stereocenters. The minimum Gasteiger partial charge on any atom is -0.445 e. The van der Waals surface area contributed by atoms with Crippen LogP contribution >= 0.6 is 0 Å². The van der Waals surface area contributed by atoms with Gasteiger partial charge in [-0.25, -0.2) is 4.79 Å². The molecule has 2 amide bonds. The van der Waals surface area contributed by atoms with Gasteiger partial charge in [-0.2, -0.15) is 0 Å². The van der Waals surface area contributed by atoms with Gasteiger partial charge in [0.25, 0.3) is 0 Å². The summed E-state index contributed by atoms with van der Waals surface area (Å²) in [6.45, 7) is 2.97. The molecule has 0 aliphatic carbocycles. The van der Waals surface area contributed by atoms with E-state index in [0.29, 0.717) is 19.5 Å². The Morgan fingerprint density at radius 1 is 1.35 bits per heavy atom. The molecule has 1 aromatic rings. The summed E-state index contributed by atoms with van der Waals surface area (Å²) in [4.78, 5) is 25.1. The lowest BCUT2D eigenvalue weighted by Crippen LogP contribution is -2.50. The monoisotopic (exact) mass is 276 g/mol. The van der Waals surface area contributed by atoms with Crippen molar-refractivity contribution in [3.8, 4) is 0 Å². The van der Waals surface area contributed by atoms with Crippen LogP contribution in [-0.2, 0) is 16.1 Å². The molecule has 0 bridgehead atoms. The number of likely N-dealkylation sites (tertiary alicyclic amines) is 1. The number of amides is 2. The topological polar surface area (TPSA) is 72.6 Å². The molecule has 1 aliphatic rings. The maximum absolute atomic E-state index is 12.0. The first kappa shape index (κ1) is 14.4. The van der Waals surface area contributed by atoms with Crippen LogP contribution < -0.4 is 5.73 Å². The molecular formula is C15H20N2O3. The molecule has 1 atom stereocenters. The zero-order valence-corrected chi connectivity index (χ0v) is 11.7. The lowest BCUT2D eigenvalue weighted by atomic mass is 9.81. The molecule has 2 N–H and O–H groups in total. The van der Waals surface area contributed by atoms with E-state index < -0.39 is 5.41 Å². The number of rotatable bonds is 3. The van der Waals surface area contributed by atoms with Crippen LogP contribution in [0.4, 0.5) is 4.79 Å². The van der Waals surface area contributed by atoms with Crippen molar-refractivity contribution in [1.82, 2.24) is 4.90 Å². The van der Waals surface area contributed by atoms with Crippen molar-refractivity contribution in [2.45, 2.75) is 26.4 Å². The molecule has 2 rings (SSSR count). The number of nitrogens with two attached hydrogens (primary N) is 1. The van der Waals surface area contributed by atoms with Gasteiger partial charge in [-0.3, -0.25) is 4.79 Å². The Morgan fingerprint density at radius 2 is 2.05 bits per heavy atom. The van der Waals surface area contributed by atoms with Crippen LogP contribution in [0.3, 0.4) is 0 Å². The summed E-state index contributed by atoms with van der Waals surface area (Å²) in [5.41, 5.74) is 5.70. The van der Waals surface area contributed by atoms with Gasteiger partial charge in [0.2, 0.25) is 5.91 Å². The van der Waals surface area contributed by atoms with Gasteiger partial charge in [0, 0.05) is 13.1 Å². The maximum atomic E-state index is 12.0. The van der Waals surface area contributed by atoms with Gasteiger partial charge in [-0.05, 0) is 25.3 Å². The summed E-state index contributed by atoms with van der Waals surface area (Å²) in [6.07, 6.45) is 1.09. The highest BCUT2D eigenvalue weighted by Gasteiger charge is 2.38. The minimum absolute atomic E-state index is 0.240. The average Bonchev–Trinajstić information content (AvgIpc) is 2.46. The van der Waals surface area contributed by atoms with E-state index >= 15 is 0 Å². The highest BCUT2D eigenvalue weighted by atomic mass is 16.6. The Balaban J connectivity index is 1.91. The molecule has 0 radical (unpaired) electrons. The standard InChI is InChI=1S/C15H20N2O3/c1-15(13(16)18)8-5-9-17(11-15)14(19)20-10-12-6-3-2-4-7-12/h2-4,6-7H,5,8-11H2,1H3,(H2,16,18)/t15-/m0/s1. The van der Waals surface area contributed by atoms with E-state index in [1.165, 1.54) is 0 Å². The van der Waals surface area contributed by atoms with E-state index in [1.54, 1.807) is 11.8 Å². The zero-order valence-electron chi connectivity index (χ0n) is 11.7. The van der Waals surface area contributed by atoms with E-state index in [2.05, 4.69) is 0 Å². The van der Waals surface area contributed by atoms with Crippen molar-refractivity contribution in [1.29, 1.82) is 0 Å². The van der Waals surface area contributed by atoms with E-state index in [9.17, 15) is 9.59 Å². The molecule has 1 aliphatic heterocycles. The van der Waals surface area contributed by atoms with Gasteiger partial charge in [0.1, 0.15) is 6.61 Å². The Hall–Kier alpha value is -2.04. The van der Waals surface area contributed by atoms with Crippen LogP contribution in [0.1, 0.15) is 25.3 Å². The number of carbonyl (C=O) groups excluding carboxylic acids is 2. The Bertz CT molecular complexity index is 489. The SMILES string of the molecule is C[C@]1(C(N)=O)CCCN(C(=O)OCc2ccccc2)C1. The predicted molar refractivity (Wildman–Crippen MR) is 74.7 cm³/mol. The fraction of sp³-hybridized carbons (Fsp3) is 0.467. The van der Waals surface area contributed by atoms with Crippen molar-refractivity contribution in [2.75, 3.05) is 13.1 Å². The highest BCUT2D eigenvalue weighted by Crippen LogP contribution is 2.29. The number of nitrogens with zero attached hydrogens (tertiary/aromatic N) is 1. The lowest BCUT2D eigenvalue weighted by Gasteiger charge is -2.37. The third-order valence-corrected chi connectivity index (χ3v) is 3.75. The van der Waals surface area contributed by atoms with E-state index in [-0.39, 0.29) is 18.6 Å². The molecule has 1 fully saturated rings. The van der Waals surface area contributed by atoms with Gasteiger partial charge in [-0.15, -0.1) is 0 Å². The summed E-state index contributed by atoms with van der Waals surface area (Å²) in [5.74, 6) is -0.363. The van der Waals surface area contributed by atoms with Crippen LogP contribution in [0.15, 0.2) is 30.3 Å². The van der Waals surface area contributed by atoms with Crippen molar-refractivity contribution >= 4 is 12.0 Å². The van der Waals surface area contributed by atoms with Crippen LogP contribution in [0, 0.1) is 5.41 Å². The fourth-order valence-electron chi connectivity index (χ4n) is 2.41. The highest BCUT2D eigenvalue weighted by molar-refractivity contribution is 5.81. The molecule has 1 aromatic carbocycles. The second-order valence-electron chi connectivity index (χ2n) is 5.49. The normalized spacial score (nSPS) is 22.4. The number of carbonyl (C=O) groups is 2. The summed E-state index contributed by atoms with van der Waals surface area (Å²) >= 11 is 0. The Morgan fingerprint density at radius 3 is 2.70 bits per heavy atom. The van der Waals surface area contributed by atoms with Gasteiger partial charge in [0.05, 0.1) is 5.41 Å². The van der Waals surface area contributed by atoms with Crippen molar-refractivity contribution < 1.29 is 14.3 Å². The summed E-state index contributed by atoms with van der Waals surface area (Å²) in [5, 5.41) is 0. The first-order chi connectivity index (χ1) is 9.51. The first-order valence-corrected chi connectivity index (χ1v) is 6.77. The third-order valence-electron chi connectivity index (χ3n) is 3.75. The number of benzene rings is 1. The molecule has 0 spiro atoms. The molecule has 0 saturated carbocycles. The van der Waals surface area contributed by atoms with Gasteiger partial charge in [0.15, 0.2) is 0 Å². The number of primary amides is 1. The van der Waals surface area contributed by atoms with Crippen LogP contribution in [0.25, 0.3) is 0 Å². The Labute approximate surface area is 118 Å². The van der Waals surface area contributed by atoms with Gasteiger partial charge < -0.3 is 15.4 Å². The Kier molecular flexibility index (Phi) is 4.27. The van der Waals surface area contributed by atoms with Crippen LogP contribution in [-0.4, -0.2) is 30.0 Å². The largest absolute Gasteiger partial charge is 0.445 e. The molecule has 5 heteroatoms. The summed E-state index contributed by atoms with van der Waals surface area (Å²) in [7, 11) is 0. The molecule has 0 aromatic heterocycles. The maximum Gasteiger partial charge on any atom is 0.410 e. The number of hydrogen-bond donors (Lipinski definition) is 1. The number of ether oxygens (including phenoxy) is 1. The molecule has 1 saturated heterocycles. The summed E-state index contributed by atoms with van der Waals surface area (Å²) < 4.78 is 5.28. The first-order valence-electron chi connectivity index (χ1n) is 6.77. The number of hydrogen-bond acceptors (Lipinski definition) is 3. The lowest BCUT2D eigenvalue weighted by molar-refractivity contribution is -0.129. The van der Waals surface area contributed by atoms with Crippen molar-refractivity contribution in [3.05, 3.63) is 35.9 Å². The quantitative estimate of drug-likeness (QED) is 0.916. The average molecular weight is 276 g/mol. The van der Waals surface area contributed by atoms with E-state index in [4.69, 9.17) is 10.5 Å². The second kappa shape index (κ2) is 5.94.